The second-order valence-electron chi connectivity index (χ2n) is 6.03. The monoisotopic (exact) mass is 376 g/mol. The van der Waals surface area contributed by atoms with Crippen molar-refractivity contribution in [3.8, 4) is 5.75 Å². The van der Waals surface area contributed by atoms with Crippen LogP contribution in [0.25, 0.3) is 0 Å². The molecule has 0 spiro atoms. The van der Waals surface area contributed by atoms with E-state index in [1.165, 1.54) is 7.11 Å². The smallest absolute Gasteiger partial charge is 0.240 e. The van der Waals surface area contributed by atoms with Gasteiger partial charge in [0.25, 0.3) is 0 Å². The SMILES string of the molecule is COc1ccc(C)cc1N(CC(=O)NCCc1ccccc1)S(C)(=O)=O. The van der Waals surface area contributed by atoms with Gasteiger partial charge in [-0.3, -0.25) is 9.10 Å². The molecule has 0 saturated carbocycles. The topological polar surface area (TPSA) is 75.7 Å². The van der Waals surface area contributed by atoms with E-state index >= 15 is 0 Å². The first-order valence-electron chi connectivity index (χ1n) is 8.24. The van der Waals surface area contributed by atoms with Gasteiger partial charge in [0.1, 0.15) is 12.3 Å². The number of amides is 1. The summed E-state index contributed by atoms with van der Waals surface area (Å²) in [6.45, 7) is 1.99. The molecule has 140 valence electrons. The molecule has 0 aromatic heterocycles. The summed E-state index contributed by atoms with van der Waals surface area (Å²) in [6.07, 6.45) is 1.76. The number of ether oxygens (including phenoxy) is 1. The first kappa shape index (κ1) is 19.8. The lowest BCUT2D eigenvalue weighted by molar-refractivity contribution is -0.119. The molecule has 2 aromatic carbocycles. The number of hydrogen-bond donors (Lipinski definition) is 1. The third kappa shape index (κ3) is 5.49. The average molecular weight is 376 g/mol. The lowest BCUT2D eigenvalue weighted by atomic mass is 10.1. The van der Waals surface area contributed by atoms with Crippen LogP contribution in [0.2, 0.25) is 0 Å². The van der Waals surface area contributed by atoms with E-state index < -0.39 is 10.0 Å². The summed E-state index contributed by atoms with van der Waals surface area (Å²) in [5.74, 6) is 0.0352. The fourth-order valence-electron chi connectivity index (χ4n) is 2.55. The third-order valence-corrected chi connectivity index (χ3v) is 5.00. The van der Waals surface area contributed by atoms with Crippen molar-refractivity contribution in [2.75, 3.05) is 30.8 Å². The summed E-state index contributed by atoms with van der Waals surface area (Å²) >= 11 is 0. The van der Waals surface area contributed by atoms with Gasteiger partial charge in [0.2, 0.25) is 15.9 Å². The average Bonchev–Trinajstić information content (AvgIpc) is 2.59. The maximum absolute atomic E-state index is 12.3. The van der Waals surface area contributed by atoms with Crippen LogP contribution >= 0.6 is 0 Å². The number of anilines is 1. The highest BCUT2D eigenvalue weighted by Crippen LogP contribution is 2.30. The third-order valence-electron chi connectivity index (χ3n) is 3.87. The van der Waals surface area contributed by atoms with E-state index in [0.29, 0.717) is 24.4 Å². The molecular formula is C19H24N2O4S. The summed E-state index contributed by atoms with van der Waals surface area (Å²) in [5.41, 5.74) is 2.33. The normalized spacial score (nSPS) is 11.0. The minimum atomic E-state index is -3.65. The number of aryl methyl sites for hydroxylation is 1. The van der Waals surface area contributed by atoms with Crippen molar-refractivity contribution < 1.29 is 17.9 Å². The van der Waals surface area contributed by atoms with Crippen LogP contribution in [0.4, 0.5) is 5.69 Å². The lowest BCUT2D eigenvalue weighted by Gasteiger charge is -2.24. The van der Waals surface area contributed by atoms with E-state index in [1.54, 1.807) is 12.1 Å². The largest absolute Gasteiger partial charge is 0.495 e. The minimum Gasteiger partial charge on any atom is -0.495 e. The molecule has 0 saturated heterocycles. The maximum atomic E-state index is 12.3. The van der Waals surface area contributed by atoms with Gasteiger partial charge in [0.15, 0.2) is 0 Å². The summed E-state index contributed by atoms with van der Waals surface area (Å²) in [6, 6.07) is 15.0. The first-order valence-corrected chi connectivity index (χ1v) is 10.1. The van der Waals surface area contributed by atoms with E-state index in [2.05, 4.69) is 5.32 Å². The van der Waals surface area contributed by atoms with E-state index in [4.69, 9.17) is 4.74 Å². The molecule has 0 aliphatic heterocycles. The molecule has 0 unspecified atom stereocenters. The maximum Gasteiger partial charge on any atom is 0.240 e. The van der Waals surface area contributed by atoms with Crippen LogP contribution in [0.3, 0.4) is 0 Å². The van der Waals surface area contributed by atoms with Crippen molar-refractivity contribution in [3.63, 3.8) is 0 Å². The van der Waals surface area contributed by atoms with Crippen molar-refractivity contribution in [1.82, 2.24) is 5.32 Å². The Morgan fingerprint density at radius 3 is 2.46 bits per heavy atom. The van der Waals surface area contributed by atoms with E-state index in [1.807, 2.05) is 43.3 Å². The predicted molar refractivity (Wildman–Crippen MR) is 103 cm³/mol. The van der Waals surface area contributed by atoms with Gasteiger partial charge in [-0.2, -0.15) is 0 Å². The molecule has 2 rings (SSSR count). The van der Waals surface area contributed by atoms with Crippen LogP contribution < -0.4 is 14.4 Å². The summed E-state index contributed by atoms with van der Waals surface area (Å²) < 4.78 is 30.8. The molecule has 26 heavy (non-hydrogen) atoms. The molecule has 6 nitrogen and oxygen atoms in total. The molecule has 1 amide bonds. The number of carbonyl (C=O) groups excluding carboxylic acids is 1. The second-order valence-corrected chi connectivity index (χ2v) is 7.94. The Morgan fingerprint density at radius 2 is 1.85 bits per heavy atom. The zero-order valence-electron chi connectivity index (χ0n) is 15.2. The van der Waals surface area contributed by atoms with Crippen molar-refractivity contribution >= 4 is 21.6 Å². The number of sulfonamides is 1. The van der Waals surface area contributed by atoms with Crippen molar-refractivity contribution in [1.29, 1.82) is 0 Å². The molecule has 2 aromatic rings. The summed E-state index contributed by atoms with van der Waals surface area (Å²) in [4.78, 5) is 12.3. The number of nitrogens with one attached hydrogen (secondary N) is 1. The Bertz CT molecular complexity index is 851. The van der Waals surface area contributed by atoms with Gasteiger partial charge >= 0.3 is 0 Å². The van der Waals surface area contributed by atoms with Gasteiger partial charge in [-0.05, 0) is 36.6 Å². The molecule has 0 heterocycles. The predicted octanol–water partition coefficient (Wildman–Crippen LogP) is 2.13. The molecule has 0 atom stereocenters. The van der Waals surface area contributed by atoms with Crippen LogP contribution in [0.1, 0.15) is 11.1 Å². The molecule has 1 N–H and O–H groups in total. The zero-order chi connectivity index (χ0) is 19.2. The number of nitrogens with zero attached hydrogens (tertiary/aromatic N) is 1. The number of methoxy groups -OCH3 is 1. The van der Waals surface area contributed by atoms with Crippen molar-refractivity contribution in [2.45, 2.75) is 13.3 Å². The molecule has 0 fully saturated rings. The Morgan fingerprint density at radius 1 is 1.15 bits per heavy atom. The fraction of sp³-hybridized carbons (Fsp3) is 0.316. The van der Waals surface area contributed by atoms with Crippen LogP contribution in [-0.4, -0.2) is 40.8 Å². The highest BCUT2D eigenvalue weighted by molar-refractivity contribution is 7.92. The Balaban J connectivity index is 2.09. The van der Waals surface area contributed by atoms with E-state index in [9.17, 15) is 13.2 Å². The number of benzene rings is 2. The Hall–Kier alpha value is -2.54. The molecule has 0 bridgehead atoms. The molecule has 0 aliphatic carbocycles. The fourth-order valence-corrected chi connectivity index (χ4v) is 3.40. The van der Waals surface area contributed by atoms with E-state index in [-0.39, 0.29) is 12.5 Å². The summed E-state index contributed by atoms with van der Waals surface area (Å²) in [5, 5.41) is 2.77. The quantitative estimate of drug-likeness (QED) is 0.766. The van der Waals surface area contributed by atoms with Gasteiger partial charge in [-0.15, -0.1) is 0 Å². The van der Waals surface area contributed by atoms with Gasteiger partial charge in [0, 0.05) is 6.54 Å². The Kier molecular flexibility index (Phi) is 6.63. The zero-order valence-corrected chi connectivity index (χ0v) is 16.0. The highest BCUT2D eigenvalue weighted by atomic mass is 32.2. The van der Waals surface area contributed by atoms with Gasteiger partial charge in [-0.1, -0.05) is 36.4 Å². The second kappa shape index (κ2) is 8.71. The molecule has 0 radical (unpaired) electrons. The number of carbonyl (C=O) groups is 1. The van der Waals surface area contributed by atoms with Crippen molar-refractivity contribution in [3.05, 3.63) is 59.7 Å². The first-order chi connectivity index (χ1) is 12.3. The van der Waals surface area contributed by atoms with Gasteiger partial charge < -0.3 is 10.1 Å². The van der Waals surface area contributed by atoms with Gasteiger partial charge in [0.05, 0.1) is 19.1 Å². The van der Waals surface area contributed by atoms with Crippen LogP contribution in [0.15, 0.2) is 48.5 Å². The summed E-state index contributed by atoms with van der Waals surface area (Å²) in [7, 11) is -2.18. The van der Waals surface area contributed by atoms with Crippen LogP contribution in [-0.2, 0) is 21.2 Å². The number of rotatable bonds is 8. The molecule has 0 aliphatic rings. The van der Waals surface area contributed by atoms with Crippen LogP contribution in [0, 0.1) is 6.92 Å². The van der Waals surface area contributed by atoms with E-state index in [0.717, 1.165) is 21.7 Å². The van der Waals surface area contributed by atoms with Crippen LogP contribution in [0.5, 0.6) is 5.75 Å². The standard InChI is InChI=1S/C19H24N2O4S/c1-15-9-10-18(25-2)17(13-15)21(26(3,23)24)14-19(22)20-12-11-16-7-5-4-6-8-16/h4-10,13H,11-12,14H2,1-3H3,(H,20,22). The van der Waals surface area contributed by atoms with Crippen molar-refractivity contribution in [2.24, 2.45) is 0 Å². The molecule has 7 heteroatoms. The highest BCUT2D eigenvalue weighted by Gasteiger charge is 2.24. The molecular weight excluding hydrogens is 352 g/mol. The lowest BCUT2D eigenvalue weighted by Crippen LogP contribution is -2.41. The minimum absolute atomic E-state index is 0.298. The van der Waals surface area contributed by atoms with Gasteiger partial charge in [-0.25, -0.2) is 8.42 Å². The number of hydrogen-bond acceptors (Lipinski definition) is 4. The Labute approximate surface area is 154 Å².